The third kappa shape index (κ3) is 3.65. The van der Waals surface area contributed by atoms with Crippen LogP contribution < -0.4 is 5.32 Å². The summed E-state index contributed by atoms with van der Waals surface area (Å²) in [6.45, 7) is 5.48. The lowest BCUT2D eigenvalue weighted by atomic mass is 9.73. The largest absolute Gasteiger partial charge is 0.381 e. The van der Waals surface area contributed by atoms with Gasteiger partial charge in [-0.05, 0) is 24.3 Å². The Morgan fingerprint density at radius 3 is 2.62 bits per heavy atom. The number of amides is 1. The van der Waals surface area contributed by atoms with Crippen molar-refractivity contribution in [1.29, 1.82) is 0 Å². The predicted molar refractivity (Wildman–Crippen MR) is 95.3 cm³/mol. The molecule has 0 bridgehead atoms. The van der Waals surface area contributed by atoms with E-state index in [1.165, 1.54) is 11.3 Å². The van der Waals surface area contributed by atoms with Crippen LogP contribution in [0.2, 0.25) is 0 Å². The minimum Gasteiger partial charge on any atom is -0.381 e. The molecule has 128 valence electrons. The van der Waals surface area contributed by atoms with Crippen molar-refractivity contribution in [2.24, 2.45) is 5.92 Å². The first kappa shape index (κ1) is 17.0. The molecule has 1 N–H and O–H groups in total. The van der Waals surface area contributed by atoms with E-state index in [4.69, 9.17) is 4.74 Å². The monoisotopic (exact) mass is 345 g/mol. The number of aromatic nitrogens is 2. The third-order valence-electron chi connectivity index (χ3n) is 4.38. The van der Waals surface area contributed by atoms with Crippen LogP contribution in [0.15, 0.2) is 30.3 Å². The van der Waals surface area contributed by atoms with Gasteiger partial charge >= 0.3 is 0 Å². The molecule has 0 spiro atoms. The van der Waals surface area contributed by atoms with Crippen molar-refractivity contribution < 1.29 is 9.53 Å². The highest BCUT2D eigenvalue weighted by Gasteiger charge is 2.42. The summed E-state index contributed by atoms with van der Waals surface area (Å²) in [5, 5.41) is 12.8. The normalized spacial score (nSPS) is 17.0. The Bertz CT molecular complexity index is 679. The zero-order chi connectivity index (χ0) is 17.0. The summed E-state index contributed by atoms with van der Waals surface area (Å²) in [5.74, 6) is 0.511. The van der Waals surface area contributed by atoms with Gasteiger partial charge in [-0.1, -0.05) is 55.5 Å². The van der Waals surface area contributed by atoms with Crippen LogP contribution in [0, 0.1) is 5.92 Å². The fraction of sp³-hybridized carbons (Fsp3) is 0.500. The highest BCUT2D eigenvalue weighted by molar-refractivity contribution is 7.15. The van der Waals surface area contributed by atoms with Gasteiger partial charge in [0.05, 0.1) is 5.41 Å². The van der Waals surface area contributed by atoms with Crippen molar-refractivity contribution in [3.05, 3.63) is 40.9 Å². The second kappa shape index (κ2) is 7.40. The van der Waals surface area contributed by atoms with Crippen LogP contribution >= 0.6 is 11.3 Å². The first-order chi connectivity index (χ1) is 11.6. The number of carbonyl (C=O) groups excluding carboxylic acids is 1. The average Bonchev–Trinajstić information content (AvgIpc) is 3.02. The van der Waals surface area contributed by atoms with Gasteiger partial charge in [0.1, 0.15) is 5.01 Å². The SMILES string of the molecule is CC(C)Cc1nnc(NC(=O)C2(c3ccccc3)CCOCC2)s1. The Morgan fingerprint density at radius 1 is 1.25 bits per heavy atom. The number of benzene rings is 1. The van der Waals surface area contributed by atoms with Crippen LogP contribution in [-0.4, -0.2) is 29.3 Å². The molecule has 6 heteroatoms. The van der Waals surface area contributed by atoms with Gasteiger partial charge in [-0.3, -0.25) is 10.1 Å². The molecule has 5 nitrogen and oxygen atoms in total. The van der Waals surface area contributed by atoms with Crippen molar-refractivity contribution in [2.75, 3.05) is 18.5 Å². The van der Waals surface area contributed by atoms with Gasteiger partial charge in [0.15, 0.2) is 0 Å². The summed E-state index contributed by atoms with van der Waals surface area (Å²) >= 11 is 1.46. The van der Waals surface area contributed by atoms with E-state index >= 15 is 0 Å². The highest BCUT2D eigenvalue weighted by atomic mass is 32.1. The second-order valence-electron chi connectivity index (χ2n) is 6.61. The van der Waals surface area contributed by atoms with E-state index in [1.807, 2.05) is 30.3 Å². The third-order valence-corrected chi connectivity index (χ3v) is 5.24. The van der Waals surface area contributed by atoms with Gasteiger partial charge in [0, 0.05) is 19.6 Å². The van der Waals surface area contributed by atoms with Crippen molar-refractivity contribution >= 4 is 22.4 Å². The standard InChI is InChI=1S/C18H23N3O2S/c1-13(2)12-15-20-21-17(24-15)19-16(22)18(8-10-23-11-9-18)14-6-4-3-5-7-14/h3-7,13H,8-12H2,1-2H3,(H,19,21,22). The quantitative estimate of drug-likeness (QED) is 0.902. The smallest absolute Gasteiger partial charge is 0.237 e. The maximum atomic E-state index is 13.1. The summed E-state index contributed by atoms with van der Waals surface area (Å²) in [5.41, 5.74) is 0.487. The Balaban J connectivity index is 1.81. The molecule has 3 rings (SSSR count). The van der Waals surface area contributed by atoms with E-state index in [0.717, 1.165) is 17.0 Å². The number of anilines is 1. The van der Waals surface area contributed by atoms with Crippen molar-refractivity contribution in [2.45, 2.75) is 38.5 Å². The average molecular weight is 345 g/mol. The zero-order valence-electron chi connectivity index (χ0n) is 14.1. The minimum absolute atomic E-state index is 0.00996. The molecule has 0 saturated carbocycles. The lowest BCUT2D eigenvalue weighted by molar-refractivity contribution is -0.125. The van der Waals surface area contributed by atoms with Crippen molar-refractivity contribution in [1.82, 2.24) is 10.2 Å². The molecule has 1 aliphatic rings. The van der Waals surface area contributed by atoms with Crippen LogP contribution in [0.25, 0.3) is 0 Å². The van der Waals surface area contributed by atoms with E-state index < -0.39 is 5.41 Å². The van der Waals surface area contributed by atoms with Gasteiger partial charge in [-0.2, -0.15) is 0 Å². The van der Waals surface area contributed by atoms with Gasteiger partial charge < -0.3 is 4.74 Å². The molecule has 1 aliphatic heterocycles. The number of rotatable bonds is 5. The van der Waals surface area contributed by atoms with E-state index in [1.54, 1.807) is 0 Å². The summed E-state index contributed by atoms with van der Waals surface area (Å²) in [6, 6.07) is 9.97. The fourth-order valence-corrected chi connectivity index (χ4v) is 4.02. The fourth-order valence-electron chi connectivity index (χ4n) is 3.08. The highest BCUT2D eigenvalue weighted by Crippen LogP contribution is 2.36. The molecular weight excluding hydrogens is 322 g/mol. The number of hydrogen-bond acceptors (Lipinski definition) is 5. The van der Waals surface area contributed by atoms with Gasteiger partial charge in [-0.15, -0.1) is 10.2 Å². The molecule has 24 heavy (non-hydrogen) atoms. The Hall–Kier alpha value is -1.79. The molecule has 0 atom stereocenters. The Morgan fingerprint density at radius 2 is 1.96 bits per heavy atom. The Kier molecular flexibility index (Phi) is 5.26. The molecule has 0 radical (unpaired) electrons. The Labute approximate surface area is 146 Å². The maximum Gasteiger partial charge on any atom is 0.237 e. The summed E-state index contributed by atoms with van der Waals surface area (Å²) in [6.07, 6.45) is 2.24. The van der Waals surface area contributed by atoms with Gasteiger partial charge in [0.2, 0.25) is 11.0 Å². The van der Waals surface area contributed by atoms with Crippen LogP contribution in [0.3, 0.4) is 0 Å². The molecule has 1 amide bonds. The topological polar surface area (TPSA) is 64.1 Å². The molecule has 1 aromatic heterocycles. The molecule has 1 saturated heterocycles. The van der Waals surface area contributed by atoms with E-state index in [0.29, 0.717) is 37.1 Å². The van der Waals surface area contributed by atoms with Gasteiger partial charge in [0.25, 0.3) is 0 Å². The number of ether oxygens (including phenoxy) is 1. The van der Waals surface area contributed by atoms with Gasteiger partial charge in [-0.25, -0.2) is 0 Å². The number of carbonyl (C=O) groups is 1. The zero-order valence-corrected chi connectivity index (χ0v) is 14.9. The number of nitrogens with zero attached hydrogens (tertiary/aromatic N) is 2. The second-order valence-corrected chi connectivity index (χ2v) is 7.68. The van der Waals surface area contributed by atoms with Crippen LogP contribution in [0.1, 0.15) is 37.3 Å². The van der Waals surface area contributed by atoms with E-state index in [-0.39, 0.29) is 5.91 Å². The van der Waals surface area contributed by atoms with Crippen LogP contribution in [0.5, 0.6) is 0 Å². The molecule has 2 heterocycles. The summed E-state index contributed by atoms with van der Waals surface area (Å²) in [4.78, 5) is 13.1. The molecule has 0 unspecified atom stereocenters. The lowest BCUT2D eigenvalue weighted by Crippen LogP contribution is -2.44. The molecular formula is C18H23N3O2S. The van der Waals surface area contributed by atoms with Crippen LogP contribution in [0.4, 0.5) is 5.13 Å². The van der Waals surface area contributed by atoms with Crippen molar-refractivity contribution in [3.63, 3.8) is 0 Å². The van der Waals surface area contributed by atoms with Crippen LogP contribution in [-0.2, 0) is 21.4 Å². The first-order valence-electron chi connectivity index (χ1n) is 8.37. The molecule has 1 fully saturated rings. The van der Waals surface area contributed by atoms with Crippen molar-refractivity contribution in [3.8, 4) is 0 Å². The number of nitrogens with one attached hydrogen (secondary N) is 1. The summed E-state index contributed by atoms with van der Waals surface area (Å²) < 4.78 is 5.49. The molecule has 2 aromatic rings. The summed E-state index contributed by atoms with van der Waals surface area (Å²) in [7, 11) is 0. The lowest BCUT2D eigenvalue weighted by Gasteiger charge is -2.35. The minimum atomic E-state index is -0.552. The molecule has 1 aromatic carbocycles. The number of hydrogen-bond donors (Lipinski definition) is 1. The van der Waals surface area contributed by atoms with E-state index in [2.05, 4.69) is 29.4 Å². The predicted octanol–water partition coefficient (Wildman–Crippen LogP) is 3.42. The molecule has 0 aliphatic carbocycles. The first-order valence-corrected chi connectivity index (χ1v) is 9.19. The van der Waals surface area contributed by atoms with E-state index in [9.17, 15) is 4.79 Å². The maximum absolute atomic E-state index is 13.1.